The van der Waals surface area contributed by atoms with Gasteiger partial charge in [0, 0.05) is 26.2 Å². The van der Waals surface area contributed by atoms with Crippen LogP contribution in [-0.4, -0.2) is 60.0 Å². The molecule has 5 rings (SSSR count). The average molecular weight is 553 g/mol. The lowest BCUT2D eigenvalue weighted by atomic mass is 10.2. The van der Waals surface area contributed by atoms with Gasteiger partial charge in [-0.3, -0.25) is 4.79 Å². The van der Waals surface area contributed by atoms with Crippen molar-refractivity contribution in [3.8, 4) is 17.2 Å². The molecule has 0 atom stereocenters. The van der Waals surface area contributed by atoms with Crippen LogP contribution in [0.15, 0.2) is 65.6 Å². The second-order valence-electron chi connectivity index (χ2n) is 10.3. The lowest BCUT2D eigenvalue weighted by Gasteiger charge is -2.36. The van der Waals surface area contributed by atoms with Gasteiger partial charge in [0.1, 0.15) is 18.0 Å². The molecule has 1 aromatic heterocycles. The lowest BCUT2D eigenvalue weighted by molar-refractivity contribution is 0.205. The number of hydrogen-bond acceptors (Lipinski definition) is 7. The molecule has 2 aliphatic rings. The third-order valence-electron chi connectivity index (χ3n) is 7.37. The predicted molar refractivity (Wildman–Crippen MR) is 151 cm³/mol. The van der Waals surface area contributed by atoms with E-state index in [9.17, 15) is 13.2 Å². The Hall–Kier alpha value is -3.37. The number of anilines is 1. The van der Waals surface area contributed by atoms with Crippen LogP contribution in [0.5, 0.6) is 11.5 Å². The predicted octanol–water partition coefficient (Wildman–Crippen LogP) is 3.99. The SMILES string of the molecule is CC(C)S(=O)(=O)N1CCN(c2cnn(-c3ccc(OCc4ccccc4)cc3)c(=O)c2OC2CCCC2)CC1. The Bertz CT molecular complexity index is 1410. The molecule has 1 saturated carbocycles. The minimum absolute atomic E-state index is 0.0105. The van der Waals surface area contributed by atoms with Crippen LogP contribution in [0.3, 0.4) is 0 Å². The maximum Gasteiger partial charge on any atom is 0.316 e. The van der Waals surface area contributed by atoms with Gasteiger partial charge in [-0.1, -0.05) is 30.3 Å². The Kier molecular flexibility index (Phi) is 8.23. The standard InChI is InChI=1S/C29H36N4O5S/c1-22(2)39(35,36)32-18-16-31(17-19-32)27-20-30-33(29(34)28(27)38-26-10-6-7-11-26)24-12-14-25(15-13-24)37-21-23-8-4-3-5-9-23/h3-5,8-9,12-15,20,22,26H,6-7,10-11,16-19,21H2,1-2H3. The fourth-order valence-corrected chi connectivity index (χ4v) is 6.30. The highest BCUT2D eigenvalue weighted by atomic mass is 32.2. The van der Waals surface area contributed by atoms with Crippen LogP contribution in [0.25, 0.3) is 5.69 Å². The highest BCUT2D eigenvalue weighted by Crippen LogP contribution is 2.30. The molecule has 1 aliphatic heterocycles. The fraction of sp³-hybridized carbons (Fsp3) is 0.448. The molecule has 208 valence electrons. The van der Waals surface area contributed by atoms with Crippen molar-refractivity contribution in [1.82, 2.24) is 14.1 Å². The van der Waals surface area contributed by atoms with Crippen LogP contribution in [-0.2, 0) is 16.6 Å². The van der Waals surface area contributed by atoms with E-state index in [0.29, 0.717) is 49.9 Å². The van der Waals surface area contributed by atoms with Crippen LogP contribution in [0.4, 0.5) is 5.69 Å². The van der Waals surface area contributed by atoms with Crippen molar-refractivity contribution < 1.29 is 17.9 Å². The first kappa shape index (κ1) is 27.2. The quantitative estimate of drug-likeness (QED) is 0.396. The van der Waals surface area contributed by atoms with Crippen molar-refractivity contribution in [3.63, 3.8) is 0 Å². The highest BCUT2D eigenvalue weighted by Gasteiger charge is 2.32. The van der Waals surface area contributed by atoms with E-state index < -0.39 is 15.3 Å². The Balaban J connectivity index is 1.37. The van der Waals surface area contributed by atoms with Gasteiger partial charge in [0.05, 0.1) is 23.2 Å². The topological polar surface area (TPSA) is 94.0 Å². The number of piperazine rings is 1. The third-order valence-corrected chi connectivity index (χ3v) is 9.64. The summed E-state index contributed by atoms with van der Waals surface area (Å²) in [6, 6.07) is 17.2. The molecule has 2 aromatic carbocycles. The van der Waals surface area contributed by atoms with E-state index in [2.05, 4.69) is 5.10 Å². The summed E-state index contributed by atoms with van der Waals surface area (Å²) in [7, 11) is -3.33. The molecule has 39 heavy (non-hydrogen) atoms. The molecule has 2 fully saturated rings. The molecule has 0 amide bonds. The largest absolute Gasteiger partial charge is 0.489 e. The molecular formula is C29H36N4O5S. The maximum absolute atomic E-state index is 13.7. The molecule has 9 nitrogen and oxygen atoms in total. The third kappa shape index (κ3) is 6.12. The van der Waals surface area contributed by atoms with Crippen LogP contribution in [0, 0.1) is 0 Å². The monoisotopic (exact) mass is 552 g/mol. The summed E-state index contributed by atoms with van der Waals surface area (Å²) >= 11 is 0. The number of hydrogen-bond donors (Lipinski definition) is 0. The van der Waals surface area contributed by atoms with Crippen molar-refractivity contribution >= 4 is 15.7 Å². The molecule has 0 bridgehead atoms. The molecule has 1 saturated heterocycles. The number of nitrogens with zero attached hydrogens (tertiary/aromatic N) is 4. The van der Waals surface area contributed by atoms with E-state index in [-0.39, 0.29) is 17.4 Å². The number of rotatable bonds is 9. The van der Waals surface area contributed by atoms with Gasteiger partial charge in [0.2, 0.25) is 15.8 Å². The van der Waals surface area contributed by atoms with Crippen LogP contribution >= 0.6 is 0 Å². The first-order chi connectivity index (χ1) is 18.8. The first-order valence-electron chi connectivity index (χ1n) is 13.6. The van der Waals surface area contributed by atoms with Gasteiger partial charge in [0.15, 0.2) is 0 Å². The molecule has 0 spiro atoms. The Morgan fingerprint density at radius 3 is 2.26 bits per heavy atom. The number of aromatic nitrogens is 2. The van der Waals surface area contributed by atoms with Gasteiger partial charge in [-0.25, -0.2) is 8.42 Å². The van der Waals surface area contributed by atoms with Gasteiger partial charge in [-0.15, -0.1) is 0 Å². The smallest absolute Gasteiger partial charge is 0.316 e. The summed E-state index contributed by atoms with van der Waals surface area (Å²) in [6.07, 6.45) is 5.64. The minimum atomic E-state index is -3.33. The number of ether oxygens (including phenoxy) is 2. The van der Waals surface area contributed by atoms with Gasteiger partial charge in [0.25, 0.3) is 0 Å². The average Bonchev–Trinajstić information content (AvgIpc) is 3.47. The Morgan fingerprint density at radius 1 is 0.949 bits per heavy atom. The summed E-state index contributed by atoms with van der Waals surface area (Å²) in [5, 5.41) is 4.02. The van der Waals surface area contributed by atoms with Gasteiger partial charge >= 0.3 is 5.56 Å². The van der Waals surface area contributed by atoms with Crippen LogP contribution in [0.2, 0.25) is 0 Å². The molecule has 10 heteroatoms. The van der Waals surface area contributed by atoms with Crippen molar-refractivity contribution in [2.24, 2.45) is 0 Å². The van der Waals surface area contributed by atoms with E-state index in [0.717, 1.165) is 31.2 Å². The minimum Gasteiger partial charge on any atom is -0.489 e. The van der Waals surface area contributed by atoms with Gasteiger partial charge in [-0.2, -0.15) is 14.1 Å². The van der Waals surface area contributed by atoms with E-state index >= 15 is 0 Å². The fourth-order valence-electron chi connectivity index (χ4n) is 5.03. The van der Waals surface area contributed by atoms with Gasteiger partial charge in [-0.05, 0) is 69.4 Å². The lowest BCUT2D eigenvalue weighted by Crippen LogP contribution is -2.50. The number of benzene rings is 2. The Morgan fingerprint density at radius 2 is 1.62 bits per heavy atom. The van der Waals surface area contributed by atoms with Gasteiger partial charge < -0.3 is 14.4 Å². The van der Waals surface area contributed by atoms with Crippen LogP contribution in [0.1, 0.15) is 45.1 Å². The molecule has 0 unspecified atom stereocenters. The first-order valence-corrected chi connectivity index (χ1v) is 15.1. The molecule has 0 N–H and O–H groups in total. The van der Waals surface area contributed by atoms with Crippen molar-refractivity contribution in [2.45, 2.75) is 57.5 Å². The second-order valence-corrected chi connectivity index (χ2v) is 12.8. The summed E-state index contributed by atoms with van der Waals surface area (Å²) in [5.41, 5.74) is 1.98. The Labute approximate surface area is 230 Å². The van der Waals surface area contributed by atoms with E-state index in [1.165, 1.54) is 8.99 Å². The summed E-state index contributed by atoms with van der Waals surface area (Å²) in [4.78, 5) is 15.8. The zero-order valence-electron chi connectivity index (χ0n) is 22.5. The zero-order valence-corrected chi connectivity index (χ0v) is 23.3. The molecule has 0 radical (unpaired) electrons. The van der Waals surface area contributed by atoms with Crippen molar-refractivity contribution in [3.05, 3.63) is 76.7 Å². The molecule has 1 aliphatic carbocycles. The zero-order chi connectivity index (χ0) is 27.4. The van der Waals surface area contributed by atoms with E-state index in [1.54, 1.807) is 20.0 Å². The molecule has 2 heterocycles. The van der Waals surface area contributed by atoms with Crippen LogP contribution < -0.4 is 19.9 Å². The van der Waals surface area contributed by atoms with Crippen molar-refractivity contribution in [2.75, 3.05) is 31.1 Å². The summed E-state index contributed by atoms with van der Waals surface area (Å²) in [6.45, 7) is 5.49. The van der Waals surface area contributed by atoms with Crippen molar-refractivity contribution in [1.29, 1.82) is 0 Å². The summed E-state index contributed by atoms with van der Waals surface area (Å²) < 4.78 is 40.3. The molecule has 3 aromatic rings. The number of sulfonamides is 1. The second kappa shape index (κ2) is 11.8. The normalized spacial score (nSPS) is 17.1. The summed E-state index contributed by atoms with van der Waals surface area (Å²) in [5.74, 6) is 0.977. The maximum atomic E-state index is 13.7. The highest BCUT2D eigenvalue weighted by molar-refractivity contribution is 7.89. The van der Waals surface area contributed by atoms with E-state index in [1.807, 2.05) is 59.5 Å². The van der Waals surface area contributed by atoms with E-state index in [4.69, 9.17) is 9.47 Å². The molecular weight excluding hydrogens is 516 g/mol.